The van der Waals surface area contributed by atoms with Gasteiger partial charge in [0.15, 0.2) is 0 Å². The summed E-state index contributed by atoms with van der Waals surface area (Å²) in [6.07, 6.45) is -8.26. The van der Waals surface area contributed by atoms with Crippen molar-refractivity contribution in [2.45, 2.75) is 12.6 Å². The van der Waals surface area contributed by atoms with Crippen LogP contribution in [0.4, 0.5) is 27.6 Å². The number of nitro groups is 1. The van der Waals surface area contributed by atoms with Gasteiger partial charge in [-0.3, -0.25) is 10.1 Å². The monoisotopic (exact) mass is 320 g/mol. The molecule has 0 saturated carbocycles. The van der Waals surface area contributed by atoms with Crippen LogP contribution in [0.1, 0.15) is 17.7 Å². The third-order valence-electron chi connectivity index (χ3n) is 1.68. The number of hydrogen-bond acceptors (Lipinski definition) is 3. The standard InChI is InChI=1S/C7H2BrF5N2O2/c8-5-2(6(9)10)1-3(15(16)17)4(14-5)7(11,12)13/h1,6H. The minimum absolute atomic E-state index is 0.157. The molecule has 0 aliphatic carbocycles. The third-order valence-corrected chi connectivity index (χ3v) is 2.32. The minimum Gasteiger partial charge on any atom is -0.258 e. The van der Waals surface area contributed by atoms with Crippen LogP contribution in [0.5, 0.6) is 0 Å². The molecule has 0 spiro atoms. The fourth-order valence-corrected chi connectivity index (χ4v) is 1.46. The van der Waals surface area contributed by atoms with Gasteiger partial charge in [0, 0.05) is 6.07 Å². The summed E-state index contributed by atoms with van der Waals surface area (Å²) in [5, 5.41) is 10.4. The maximum atomic E-state index is 12.3. The molecular weight excluding hydrogens is 319 g/mol. The molecule has 10 heteroatoms. The molecule has 1 aromatic heterocycles. The molecule has 0 amide bonds. The number of rotatable bonds is 2. The SMILES string of the molecule is O=[N+]([O-])c1cc(C(F)F)c(Br)nc1C(F)(F)F. The fourth-order valence-electron chi connectivity index (χ4n) is 0.996. The van der Waals surface area contributed by atoms with Gasteiger partial charge in [-0.15, -0.1) is 0 Å². The summed E-state index contributed by atoms with van der Waals surface area (Å²) in [6.45, 7) is 0. The van der Waals surface area contributed by atoms with E-state index in [-0.39, 0.29) is 6.07 Å². The zero-order chi connectivity index (χ0) is 13.4. The average molecular weight is 321 g/mol. The first-order valence-electron chi connectivity index (χ1n) is 3.84. The summed E-state index contributed by atoms with van der Waals surface area (Å²) >= 11 is 2.41. The van der Waals surface area contributed by atoms with Gasteiger partial charge < -0.3 is 0 Å². The summed E-state index contributed by atoms with van der Waals surface area (Å²) in [4.78, 5) is 11.7. The normalized spacial score (nSPS) is 11.9. The second-order valence-corrected chi connectivity index (χ2v) is 3.54. The first-order valence-corrected chi connectivity index (χ1v) is 4.64. The lowest BCUT2D eigenvalue weighted by atomic mass is 10.2. The van der Waals surface area contributed by atoms with Crippen molar-refractivity contribution in [2.75, 3.05) is 0 Å². The first-order chi connectivity index (χ1) is 7.64. The van der Waals surface area contributed by atoms with E-state index in [1.54, 1.807) is 0 Å². The Kier molecular flexibility index (Phi) is 3.65. The molecule has 0 aliphatic heterocycles. The highest BCUT2D eigenvalue weighted by molar-refractivity contribution is 9.10. The molecule has 94 valence electrons. The molecule has 0 bridgehead atoms. The summed E-state index contributed by atoms with van der Waals surface area (Å²) in [6, 6.07) is 0.157. The third kappa shape index (κ3) is 2.87. The highest BCUT2D eigenvalue weighted by atomic mass is 79.9. The molecule has 1 heterocycles. The van der Waals surface area contributed by atoms with Gasteiger partial charge in [0.2, 0.25) is 5.69 Å². The highest BCUT2D eigenvalue weighted by Crippen LogP contribution is 2.38. The molecule has 0 saturated heterocycles. The lowest BCUT2D eigenvalue weighted by Gasteiger charge is -2.09. The highest BCUT2D eigenvalue weighted by Gasteiger charge is 2.41. The Hall–Kier alpha value is -1.32. The van der Waals surface area contributed by atoms with Crippen LogP contribution in [0, 0.1) is 10.1 Å². The Balaban J connectivity index is 3.53. The van der Waals surface area contributed by atoms with E-state index in [9.17, 15) is 32.1 Å². The number of alkyl halides is 5. The van der Waals surface area contributed by atoms with Crippen LogP contribution in [0.2, 0.25) is 0 Å². The van der Waals surface area contributed by atoms with Crippen molar-refractivity contribution >= 4 is 21.6 Å². The molecule has 0 unspecified atom stereocenters. The molecule has 0 atom stereocenters. The van der Waals surface area contributed by atoms with Crippen molar-refractivity contribution in [1.82, 2.24) is 4.98 Å². The van der Waals surface area contributed by atoms with Crippen molar-refractivity contribution in [2.24, 2.45) is 0 Å². The number of aromatic nitrogens is 1. The van der Waals surface area contributed by atoms with Crippen molar-refractivity contribution in [3.05, 3.63) is 32.0 Å². The summed E-state index contributed by atoms with van der Waals surface area (Å²) in [5.41, 5.74) is -4.29. The Morgan fingerprint density at radius 2 is 1.94 bits per heavy atom. The van der Waals surface area contributed by atoms with Gasteiger partial charge in [0.05, 0.1) is 10.5 Å². The van der Waals surface area contributed by atoms with Gasteiger partial charge in [-0.1, -0.05) is 0 Å². The van der Waals surface area contributed by atoms with Crippen molar-refractivity contribution in [1.29, 1.82) is 0 Å². The van der Waals surface area contributed by atoms with Crippen LogP contribution in [-0.2, 0) is 6.18 Å². The predicted molar refractivity (Wildman–Crippen MR) is 48.6 cm³/mol. The molecule has 4 nitrogen and oxygen atoms in total. The summed E-state index contributed by atoms with van der Waals surface area (Å²) < 4.78 is 60.9. The summed E-state index contributed by atoms with van der Waals surface area (Å²) in [5.74, 6) is 0. The number of nitrogens with zero attached hydrogens (tertiary/aromatic N) is 2. The quantitative estimate of drug-likeness (QED) is 0.361. The van der Waals surface area contributed by atoms with Gasteiger partial charge in [-0.05, 0) is 15.9 Å². The molecule has 17 heavy (non-hydrogen) atoms. The van der Waals surface area contributed by atoms with Gasteiger partial charge in [0.25, 0.3) is 6.43 Å². The second-order valence-electron chi connectivity index (χ2n) is 2.79. The van der Waals surface area contributed by atoms with Crippen molar-refractivity contribution in [3.63, 3.8) is 0 Å². The zero-order valence-electron chi connectivity index (χ0n) is 7.63. The maximum absolute atomic E-state index is 12.3. The van der Waals surface area contributed by atoms with E-state index >= 15 is 0 Å². The van der Waals surface area contributed by atoms with E-state index in [1.807, 2.05) is 0 Å². The lowest BCUT2D eigenvalue weighted by Crippen LogP contribution is -2.13. The van der Waals surface area contributed by atoms with Crippen molar-refractivity contribution in [3.8, 4) is 0 Å². The molecule has 0 fully saturated rings. The number of pyridine rings is 1. The van der Waals surface area contributed by atoms with E-state index in [2.05, 4.69) is 20.9 Å². The van der Waals surface area contributed by atoms with Crippen LogP contribution in [0.15, 0.2) is 10.7 Å². The molecule has 0 N–H and O–H groups in total. The molecular formula is C7H2BrF5N2O2. The Bertz CT molecular complexity index is 462. The fraction of sp³-hybridized carbons (Fsp3) is 0.286. The lowest BCUT2D eigenvalue weighted by molar-refractivity contribution is -0.388. The van der Waals surface area contributed by atoms with Crippen LogP contribution in [0.3, 0.4) is 0 Å². The smallest absolute Gasteiger partial charge is 0.258 e. The van der Waals surface area contributed by atoms with Crippen molar-refractivity contribution < 1.29 is 26.9 Å². The Morgan fingerprint density at radius 3 is 2.29 bits per heavy atom. The van der Waals surface area contributed by atoms with Crippen LogP contribution < -0.4 is 0 Å². The van der Waals surface area contributed by atoms with Crippen LogP contribution in [0.25, 0.3) is 0 Å². The molecule has 0 aromatic carbocycles. The molecule has 1 aromatic rings. The zero-order valence-corrected chi connectivity index (χ0v) is 9.22. The maximum Gasteiger partial charge on any atom is 0.440 e. The van der Waals surface area contributed by atoms with Gasteiger partial charge >= 0.3 is 11.9 Å². The molecule has 1 rings (SSSR count). The Labute approximate surface area is 98.7 Å². The van der Waals surface area contributed by atoms with Gasteiger partial charge in [-0.25, -0.2) is 13.8 Å². The van der Waals surface area contributed by atoms with Crippen LogP contribution >= 0.6 is 15.9 Å². The van der Waals surface area contributed by atoms with E-state index in [1.165, 1.54) is 0 Å². The molecule has 0 aliphatic rings. The number of halogens is 6. The van der Waals surface area contributed by atoms with E-state index in [4.69, 9.17) is 0 Å². The number of hydrogen-bond donors (Lipinski definition) is 0. The predicted octanol–water partition coefficient (Wildman–Crippen LogP) is 3.71. The topological polar surface area (TPSA) is 56.0 Å². The summed E-state index contributed by atoms with van der Waals surface area (Å²) in [7, 11) is 0. The van der Waals surface area contributed by atoms with Gasteiger partial charge in [-0.2, -0.15) is 13.2 Å². The minimum atomic E-state index is -5.09. The molecule has 0 radical (unpaired) electrons. The average Bonchev–Trinajstić information content (AvgIpc) is 2.14. The largest absolute Gasteiger partial charge is 0.440 e. The Morgan fingerprint density at radius 1 is 1.41 bits per heavy atom. The van der Waals surface area contributed by atoms with E-state index in [0.717, 1.165) is 0 Å². The van der Waals surface area contributed by atoms with E-state index in [0.29, 0.717) is 0 Å². The second kappa shape index (κ2) is 4.51. The first kappa shape index (κ1) is 13.7. The van der Waals surface area contributed by atoms with Gasteiger partial charge in [0.1, 0.15) is 4.60 Å². The van der Waals surface area contributed by atoms with Crippen LogP contribution in [-0.4, -0.2) is 9.91 Å². The van der Waals surface area contributed by atoms with E-state index < -0.39 is 39.1 Å².